The van der Waals surface area contributed by atoms with Crippen LogP contribution in [0.15, 0.2) is 48.5 Å². The van der Waals surface area contributed by atoms with Crippen LogP contribution in [0.3, 0.4) is 0 Å². The molecule has 1 saturated heterocycles. The Balaban J connectivity index is 1.76. The molecule has 1 heterocycles. The van der Waals surface area contributed by atoms with E-state index in [-0.39, 0.29) is 5.69 Å². The van der Waals surface area contributed by atoms with Crippen molar-refractivity contribution in [2.75, 3.05) is 33.9 Å². The highest BCUT2D eigenvalue weighted by Crippen LogP contribution is 2.24. The third kappa shape index (κ3) is 4.62. The van der Waals surface area contributed by atoms with Crippen LogP contribution in [-0.4, -0.2) is 39.7 Å². The van der Waals surface area contributed by atoms with E-state index in [0.717, 1.165) is 35.4 Å². The second-order valence-corrected chi connectivity index (χ2v) is 8.80. The van der Waals surface area contributed by atoms with Crippen LogP contribution < -0.4 is 14.5 Å². The highest BCUT2D eigenvalue weighted by molar-refractivity contribution is 7.92. The largest absolute Gasteiger partial charge is 0.372 e. The number of nitrogens with one attached hydrogen (secondary N) is 1. The predicted octanol–water partition coefficient (Wildman–Crippen LogP) is 3.22. The highest BCUT2D eigenvalue weighted by Gasteiger charge is 2.29. The Morgan fingerprint density at radius 1 is 1.14 bits per heavy atom. The number of benzene rings is 2. The molecule has 1 aliphatic rings. The summed E-state index contributed by atoms with van der Waals surface area (Å²) >= 11 is 0. The van der Waals surface area contributed by atoms with Crippen LogP contribution in [-0.2, 0) is 14.8 Å². The summed E-state index contributed by atoms with van der Waals surface area (Å²) in [5.74, 6) is -1.07. The van der Waals surface area contributed by atoms with E-state index in [0.29, 0.717) is 5.69 Å². The molecule has 1 fully saturated rings. The van der Waals surface area contributed by atoms with Gasteiger partial charge in [0.15, 0.2) is 0 Å². The first-order chi connectivity index (χ1) is 13.3. The van der Waals surface area contributed by atoms with Gasteiger partial charge in [0.05, 0.1) is 11.9 Å². The summed E-state index contributed by atoms with van der Waals surface area (Å²) in [5.41, 5.74) is 1.78. The van der Waals surface area contributed by atoms with Crippen molar-refractivity contribution in [2.24, 2.45) is 0 Å². The SMILES string of the molecule is C[C@H](C(=O)Nc1ccc(N2CCCC2)cc1)N(c1cccc(F)c1)S(C)(=O)=O. The van der Waals surface area contributed by atoms with Crippen LogP contribution in [0.25, 0.3) is 0 Å². The molecule has 0 spiro atoms. The molecule has 0 aliphatic carbocycles. The minimum Gasteiger partial charge on any atom is -0.372 e. The van der Waals surface area contributed by atoms with Gasteiger partial charge in [-0.25, -0.2) is 12.8 Å². The molecule has 28 heavy (non-hydrogen) atoms. The summed E-state index contributed by atoms with van der Waals surface area (Å²) in [6.07, 6.45) is 3.35. The molecule has 1 atom stereocenters. The summed E-state index contributed by atoms with van der Waals surface area (Å²) in [6, 6.07) is 11.6. The minimum atomic E-state index is -3.79. The first-order valence-electron chi connectivity index (χ1n) is 9.16. The molecule has 0 radical (unpaired) electrons. The third-order valence-corrected chi connectivity index (χ3v) is 6.00. The number of halogens is 1. The summed E-state index contributed by atoms with van der Waals surface area (Å²) in [7, 11) is -3.79. The van der Waals surface area contributed by atoms with Crippen molar-refractivity contribution in [3.8, 4) is 0 Å². The molecule has 1 amide bonds. The molecular weight excluding hydrogens is 381 g/mol. The number of rotatable bonds is 6. The molecule has 0 bridgehead atoms. The van der Waals surface area contributed by atoms with Crippen LogP contribution in [0.4, 0.5) is 21.5 Å². The fourth-order valence-corrected chi connectivity index (χ4v) is 4.57. The van der Waals surface area contributed by atoms with Crippen molar-refractivity contribution >= 4 is 33.0 Å². The van der Waals surface area contributed by atoms with Gasteiger partial charge in [-0.05, 0) is 62.2 Å². The average molecular weight is 405 g/mol. The van der Waals surface area contributed by atoms with Crippen LogP contribution >= 0.6 is 0 Å². The molecule has 1 N–H and O–H groups in total. The molecular formula is C20H24FN3O3S. The quantitative estimate of drug-likeness (QED) is 0.801. The second kappa shape index (κ2) is 8.18. The number of hydrogen-bond acceptors (Lipinski definition) is 4. The summed E-state index contributed by atoms with van der Waals surface area (Å²) in [4.78, 5) is 15.0. The maximum Gasteiger partial charge on any atom is 0.247 e. The van der Waals surface area contributed by atoms with Crippen molar-refractivity contribution in [3.63, 3.8) is 0 Å². The van der Waals surface area contributed by atoms with Crippen molar-refractivity contribution in [1.82, 2.24) is 0 Å². The Hall–Kier alpha value is -2.61. The lowest BCUT2D eigenvalue weighted by Gasteiger charge is -2.28. The average Bonchev–Trinajstić information content (AvgIpc) is 3.16. The zero-order valence-corrected chi connectivity index (χ0v) is 16.7. The van der Waals surface area contributed by atoms with Crippen molar-refractivity contribution in [2.45, 2.75) is 25.8 Å². The molecule has 150 valence electrons. The van der Waals surface area contributed by atoms with E-state index in [1.807, 2.05) is 12.1 Å². The predicted molar refractivity (Wildman–Crippen MR) is 110 cm³/mol. The van der Waals surface area contributed by atoms with Crippen LogP contribution in [0.5, 0.6) is 0 Å². The Morgan fingerprint density at radius 3 is 2.36 bits per heavy atom. The molecule has 1 aliphatic heterocycles. The molecule has 0 aromatic heterocycles. The Labute approximate surface area is 165 Å². The van der Waals surface area contributed by atoms with Gasteiger partial charge in [-0.1, -0.05) is 6.07 Å². The van der Waals surface area contributed by atoms with Crippen LogP contribution in [0.2, 0.25) is 0 Å². The van der Waals surface area contributed by atoms with Crippen molar-refractivity contribution in [1.29, 1.82) is 0 Å². The molecule has 0 saturated carbocycles. The van der Waals surface area contributed by atoms with E-state index in [9.17, 15) is 17.6 Å². The summed E-state index contributed by atoms with van der Waals surface area (Å²) < 4.78 is 39.0. The monoisotopic (exact) mass is 405 g/mol. The number of carbonyl (C=O) groups is 1. The minimum absolute atomic E-state index is 0.106. The third-order valence-electron chi connectivity index (χ3n) is 4.76. The van der Waals surface area contributed by atoms with E-state index in [4.69, 9.17) is 0 Å². The van der Waals surface area contributed by atoms with E-state index >= 15 is 0 Å². The number of amides is 1. The van der Waals surface area contributed by atoms with Gasteiger partial charge >= 0.3 is 0 Å². The molecule has 3 rings (SSSR count). The number of nitrogens with zero attached hydrogens (tertiary/aromatic N) is 2. The van der Waals surface area contributed by atoms with Gasteiger partial charge in [0.25, 0.3) is 0 Å². The summed E-state index contributed by atoms with van der Waals surface area (Å²) in [6.45, 7) is 3.53. The van der Waals surface area contributed by atoms with E-state index in [1.165, 1.54) is 38.0 Å². The van der Waals surface area contributed by atoms with Crippen molar-refractivity contribution < 1.29 is 17.6 Å². The maximum atomic E-state index is 13.6. The topological polar surface area (TPSA) is 69.7 Å². The van der Waals surface area contributed by atoms with E-state index < -0.39 is 27.8 Å². The van der Waals surface area contributed by atoms with Crippen LogP contribution in [0, 0.1) is 5.82 Å². The lowest BCUT2D eigenvalue weighted by Crippen LogP contribution is -2.45. The fraction of sp³-hybridized carbons (Fsp3) is 0.350. The molecule has 2 aromatic carbocycles. The zero-order chi connectivity index (χ0) is 20.3. The van der Waals surface area contributed by atoms with Gasteiger partial charge in [0, 0.05) is 24.5 Å². The first-order valence-corrected chi connectivity index (χ1v) is 11.0. The van der Waals surface area contributed by atoms with E-state index in [2.05, 4.69) is 10.2 Å². The van der Waals surface area contributed by atoms with E-state index in [1.54, 1.807) is 12.1 Å². The smallest absolute Gasteiger partial charge is 0.247 e. The fourth-order valence-electron chi connectivity index (χ4n) is 3.40. The Kier molecular flexibility index (Phi) is 5.88. The van der Waals surface area contributed by atoms with Gasteiger partial charge in [0.2, 0.25) is 15.9 Å². The molecule has 6 nitrogen and oxygen atoms in total. The normalized spacial score (nSPS) is 15.3. The Bertz CT molecular complexity index is 941. The molecule has 2 aromatic rings. The van der Waals surface area contributed by atoms with Crippen molar-refractivity contribution in [3.05, 3.63) is 54.3 Å². The second-order valence-electron chi connectivity index (χ2n) is 6.94. The maximum absolute atomic E-state index is 13.6. The lowest BCUT2D eigenvalue weighted by molar-refractivity contribution is -0.116. The van der Waals surface area contributed by atoms with Gasteiger partial charge in [-0.3, -0.25) is 9.10 Å². The Morgan fingerprint density at radius 2 is 1.79 bits per heavy atom. The zero-order valence-electron chi connectivity index (χ0n) is 15.9. The number of carbonyl (C=O) groups excluding carboxylic acids is 1. The standard InChI is InChI=1S/C20H24FN3O3S/c1-15(24(28(2,26)27)19-7-5-6-16(21)14-19)20(25)22-17-8-10-18(11-9-17)23-12-3-4-13-23/h5-11,14-15H,3-4,12-13H2,1-2H3,(H,22,25)/t15-/m1/s1. The first kappa shape index (κ1) is 20.1. The van der Waals surface area contributed by atoms with Gasteiger partial charge in [-0.2, -0.15) is 0 Å². The molecule has 8 heteroatoms. The number of sulfonamides is 1. The number of anilines is 3. The van der Waals surface area contributed by atoms with Gasteiger partial charge in [0.1, 0.15) is 11.9 Å². The number of hydrogen-bond donors (Lipinski definition) is 1. The van der Waals surface area contributed by atoms with Gasteiger partial charge < -0.3 is 10.2 Å². The summed E-state index contributed by atoms with van der Waals surface area (Å²) in [5, 5.41) is 2.74. The highest BCUT2D eigenvalue weighted by atomic mass is 32.2. The van der Waals surface area contributed by atoms with Gasteiger partial charge in [-0.15, -0.1) is 0 Å². The van der Waals surface area contributed by atoms with Crippen LogP contribution in [0.1, 0.15) is 19.8 Å². The lowest BCUT2D eigenvalue weighted by atomic mass is 10.2. The molecule has 0 unspecified atom stereocenters.